The normalized spacial score (nSPS) is 10.9. The van der Waals surface area contributed by atoms with E-state index in [-0.39, 0.29) is 12.6 Å². The van der Waals surface area contributed by atoms with Gasteiger partial charge in [-0.25, -0.2) is 4.79 Å². The van der Waals surface area contributed by atoms with Gasteiger partial charge in [-0.15, -0.1) is 0 Å². The van der Waals surface area contributed by atoms with Crippen molar-refractivity contribution in [3.63, 3.8) is 0 Å². The van der Waals surface area contributed by atoms with Crippen molar-refractivity contribution in [1.82, 2.24) is 4.57 Å². The maximum atomic E-state index is 11.7. The summed E-state index contributed by atoms with van der Waals surface area (Å²) in [7, 11) is 3.32. The SMILES string of the molecule is CCOC(=O)COc1ccc(Cn2c(-c3ccc(OC)cc3OC)c(C)c3cc(OCc4ccccc4)ccc32)cc1. The molecule has 0 bridgehead atoms. The van der Waals surface area contributed by atoms with Crippen LogP contribution in [0.2, 0.25) is 0 Å². The second-order valence-corrected chi connectivity index (χ2v) is 9.82. The zero-order valence-electron chi connectivity index (χ0n) is 24.4. The maximum Gasteiger partial charge on any atom is 0.344 e. The minimum absolute atomic E-state index is 0.120. The molecule has 0 N–H and O–H groups in total. The molecular formula is C35H35NO6. The topological polar surface area (TPSA) is 68.2 Å². The van der Waals surface area contributed by atoms with Crippen LogP contribution in [0.15, 0.2) is 91.0 Å². The van der Waals surface area contributed by atoms with Gasteiger partial charge < -0.3 is 28.3 Å². The first-order valence-electron chi connectivity index (χ1n) is 13.9. The fraction of sp³-hybridized carbons (Fsp3) is 0.229. The molecule has 0 aliphatic rings. The lowest BCUT2D eigenvalue weighted by molar-refractivity contribution is -0.145. The van der Waals surface area contributed by atoms with E-state index in [2.05, 4.69) is 35.8 Å². The Balaban J connectivity index is 1.51. The highest BCUT2D eigenvalue weighted by Gasteiger charge is 2.20. The molecule has 216 valence electrons. The van der Waals surface area contributed by atoms with E-state index in [1.54, 1.807) is 21.1 Å². The standard InChI is InChI=1S/C35H35NO6/c1-5-40-34(37)23-42-27-13-11-25(12-14-27)21-36-32-18-16-29(41-22-26-9-7-6-8-10-26)19-31(32)24(2)35(36)30-17-15-28(38-3)20-33(30)39-4/h6-20H,5,21-23H2,1-4H3. The number of fused-ring (bicyclic) bond motifs is 1. The minimum atomic E-state index is -0.388. The summed E-state index contributed by atoms with van der Waals surface area (Å²) in [4.78, 5) is 11.7. The minimum Gasteiger partial charge on any atom is -0.497 e. The molecule has 0 radical (unpaired) electrons. The van der Waals surface area contributed by atoms with Crippen LogP contribution in [0.3, 0.4) is 0 Å². The van der Waals surface area contributed by atoms with Crippen molar-refractivity contribution < 1.29 is 28.5 Å². The van der Waals surface area contributed by atoms with Gasteiger partial charge in [0.2, 0.25) is 0 Å². The number of hydrogen-bond donors (Lipinski definition) is 0. The van der Waals surface area contributed by atoms with Crippen molar-refractivity contribution in [2.24, 2.45) is 0 Å². The van der Waals surface area contributed by atoms with Crippen molar-refractivity contribution in [2.75, 3.05) is 27.4 Å². The van der Waals surface area contributed by atoms with Crippen LogP contribution in [0.25, 0.3) is 22.2 Å². The van der Waals surface area contributed by atoms with Crippen LogP contribution in [-0.4, -0.2) is 38.0 Å². The number of rotatable bonds is 12. The van der Waals surface area contributed by atoms with Gasteiger partial charge in [-0.3, -0.25) is 0 Å². The van der Waals surface area contributed by atoms with Gasteiger partial charge in [0.05, 0.1) is 26.5 Å². The van der Waals surface area contributed by atoms with Crippen molar-refractivity contribution in [3.8, 4) is 34.3 Å². The molecule has 0 aliphatic carbocycles. The lowest BCUT2D eigenvalue weighted by Crippen LogP contribution is -2.14. The number of hydrogen-bond acceptors (Lipinski definition) is 6. The van der Waals surface area contributed by atoms with Gasteiger partial charge in [-0.05, 0) is 73.0 Å². The van der Waals surface area contributed by atoms with E-state index in [9.17, 15) is 4.79 Å². The Bertz CT molecular complexity index is 1660. The fourth-order valence-electron chi connectivity index (χ4n) is 5.06. The third-order valence-corrected chi connectivity index (χ3v) is 7.13. The van der Waals surface area contributed by atoms with Gasteiger partial charge in [0.1, 0.15) is 29.6 Å². The van der Waals surface area contributed by atoms with Crippen LogP contribution < -0.4 is 18.9 Å². The van der Waals surface area contributed by atoms with Crippen molar-refractivity contribution in [1.29, 1.82) is 0 Å². The summed E-state index contributed by atoms with van der Waals surface area (Å²) in [5, 5.41) is 1.10. The predicted molar refractivity (Wildman–Crippen MR) is 164 cm³/mol. The number of aromatic nitrogens is 1. The van der Waals surface area contributed by atoms with E-state index in [0.717, 1.165) is 56.1 Å². The molecule has 4 aromatic carbocycles. The number of carbonyl (C=O) groups excluding carboxylic acids is 1. The van der Waals surface area contributed by atoms with Crippen LogP contribution in [0, 0.1) is 6.92 Å². The maximum absolute atomic E-state index is 11.7. The molecule has 42 heavy (non-hydrogen) atoms. The second kappa shape index (κ2) is 13.2. The third kappa shape index (κ3) is 6.36. The molecule has 0 spiro atoms. The van der Waals surface area contributed by atoms with Gasteiger partial charge in [-0.2, -0.15) is 0 Å². The average Bonchev–Trinajstić information content (AvgIpc) is 3.29. The summed E-state index contributed by atoms with van der Waals surface area (Å²) in [5.41, 5.74) is 6.40. The molecule has 7 heteroatoms. The molecule has 1 heterocycles. The van der Waals surface area contributed by atoms with Crippen LogP contribution in [-0.2, 0) is 22.7 Å². The van der Waals surface area contributed by atoms with Gasteiger partial charge >= 0.3 is 5.97 Å². The summed E-state index contributed by atoms with van der Waals surface area (Å²) in [6, 6.07) is 30.0. The van der Waals surface area contributed by atoms with Gasteiger partial charge in [0, 0.05) is 29.1 Å². The molecule has 0 unspecified atom stereocenters. The van der Waals surface area contributed by atoms with Crippen molar-refractivity contribution >= 4 is 16.9 Å². The van der Waals surface area contributed by atoms with Gasteiger partial charge in [-0.1, -0.05) is 42.5 Å². The van der Waals surface area contributed by atoms with E-state index >= 15 is 0 Å². The smallest absolute Gasteiger partial charge is 0.344 e. The zero-order chi connectivity index (χ0) is 29.5. The van der Waals surface area contributed by atoms with Crippen LogP contribution >= 0.6 is 0 Å². The van der Waals surface area contributed by atoms with Crippen LogP contribution in [0.4, 0.5) is 0 Å². The first-order valence-corrected chi connectivity index (χ1v) is 13.9. The Kier molecular flexibility index (Phi) is 8.97. The first kappa shape index (κ1) is 28.6. The number of benzene rings is 4. The number of aryl methyl sites for hydroxylation is 1. The van der Waals surface area contributed by atoms with Crippen molar-refractivity contribution in [2.45, 2.75) is 27.0 Å². The predicted octanol–water partition coefficient (Wildman–Crippen LogP) is 7.20. The molecule has 1 aromatic heterocycles. The fourth-order valence-corrected chi connectivity index (χ4v) is 5.06. The molecular weight excluding hydrogens is 530 g/mol. The van der Waals surface area contributed by atoms with E-state index < -0.39 is 0 Å². The zero-order valence-corrected chi connectivity index (χ0v) is 24.4. The average molecular weight is 566 g/mol. The summed E-state index contributed by atoms with van der Waals surface area (Å²) in [6.07, 6.45) is 0. The molecule has 0 saturated carbocycles. The van der Waals surface area contributed by atoms with Crippen LogP contribution in [0.1, 0.15) is 23.6 Å². The Morgan fingerprint density at radius 1 is 0.762 bits per heavy atom. The molecule has 0 atom stereocenters. The third-order valence-electron chi connectivity index (χ3n) is 7.13. The summed E-state index contributed by atoms with van der Waals surface area (Å²) in [5.74, 6) is 2.48. The van der Waals surface area contributed by atoms with E-state index in [1.807, 2.05) is 66.7 Å². The van der Waals surface area contributed by atoms with E-state index in [4.69, 9.17) is 23.7 Å². The number of nitrogens with zero attached hydrogens (tertiary/aromatic N) is 1. The second-order valence-electron chi connectivity index (χ2n) is 9.82. The highest BCUT2D eigenvalue weighted by molar-refractivity contribution is 5.93. The number of carbonyl (C=O) groups is 1. The number of methoxy groups -OCH3 is 2. The molecule has 0 fully saturated rings. The number of ether oxygens (including phenoxy) is 5. The van der Waals surface area contributed by atoms with Gasteiger partial charge in [0.15, 0.2) is 6.61 Å². The molecule has 5 rings (SSSR count). The monoisotopic (exact) mass is 565 g/mol. The molecule has 5 aromatic rings. The number of esters is 1. The highest BCUT2D eigenvalue weighted by Crippen LogP contribution is 2.41. The highest BCUT2D eigenvalue weighted by atomic mass is 16.6. The summed E-state index contributed by atoms with van der Waals surface area (Å²) >= 11 is 0. The molecule has 0 amide bonds. The first-order chi connectivity index (χ1) is 20.5. The summed E-state index contributed by atoms with van der Waals surface area (Å²) in [6.45, 7) is 5.21. The lowest BCUT2D eigenvalue weighted by Gasteiger charge is -2.16. The van der Waals surface area contributed by atoms with E-state index in [0.29, 0.717) is 25.5 Å². The lowest BCUT2D eigenvalue weighted by atomic mass is 10.0. The Morgan fingerprint density at radius 3 is 2.21 bits per heavy atom. The van der Waals surface area contributed by atoms with Crippen molar-refractivity contribution in [3.05, 3.63) is 108 Å². The molecule has 7 nitrogen and oxygen atoms in total. The van der Waals surface area contributed by atoms with Gasteiger partial charge in [0.25, 0.3) is 0 Å². The summed E-state index contributed by atoms with van der Waals surface area (Å²) < 4.78 is 30.3. The van der Waals surface area contributed by atoms with E-state index in [1.165, 1.54) is 0 Å². The Labute approximate surface area is 246 Å². The Hall–Kier alpha value is -4.91. The largest absolute Gasteiger partial charge is 0.497 e. The van der Waals surface area contributed by atoms with Crippen LogP contribution in [0.5, 0.6) is 23.0 Å². The molecule has 0 saturated heterocycles. The quantitative estimate of drug-likeness (QED) is 0.149. The Morgan fingerprint density at radius 2 is 1.50 bits per heavy atom. The molecule has 0 aliphatic heterocycles.